The number of hydrogen-bond donors (Lipinski definition) is 7. The third-order valence-electron chi connectivity index (χ3n) is 8.94. The molecule has 0 aliphatic carbocycles. The van der Waals surface area contributed by atoms with E-state index in [2.05, 4.69) is 55.4 Å². The summed E-state index contributed by atoms with van der Waals surface area (Å²) in [6.45, 7) is -0.324. The molecule has 6 aromatic rings. The zero-order chi connectivity index (χ0) is 48.1. The van der Waals surface area contributed by atoms with Gasteiger partial charge in [-0.15, -0.1) is 4.33 Å². The van der Waals surface area contributed by atoms with Crippen LogP contribution in [-0.4, -0.2) is 96.4 Å². The topological polar surface area (TPSA) is 381 Å². The van der Waals surface area contributed by atoms with E-state index in [0.29, 0.717) is 28.0 Å². The molecule has 31 heteroatoms. The van der Waals surface area contributed by atoms with Crippen molar-refractivity contribution >= 4 is 115 Å². The van der Waals surface area contributed by atoms with Crippen molar-refractivity contribution in [3.05, 3.63) is 97.1 Å². The summed E-state index contributed by atoms with van der Waals surface area (Å²) < 4.78 is 143. The van der Waals surface area contributed by atoms with Gasteiger partial charge in [-0.25, -0.2) is 5.26 Å². The lowest BCUT2D eigenvalue weighted by atomic mass is 10.1. The first kappa shape index (κ1) is 48.6. The molecule has 1 aliphatic rings. The van der Waals surface area contributed by atoms with E-state index in [-0.39, 0.29) is 71.0 Å². The highest BCUT2D eigenvalue weighted by Gasteiger charge is 2.46. The molecule has 7 N–H and O–H groups in total. The van der Waals surface area contributed by atoms with Crippen molar-refractivity contribution < 1.29 is 71.2 Å². The van der Waals surface area contributed by atoms with Gasteiger partial charge in [0.25, 0.3) is 40.5 Å². The van der Waals surface area contributed by atoms with Crippen LogP contribution in [0.15, 0.2) is 132 Å². The summed E-state index contributed by atoms with van der Waals surface area (Å²) >= 11 is 0.750. The Bertz CT molecular complexity index is 3350. The lowest BCUT2D eigenvalue weighted by Crippen LogP contribution is -2.15. The maximum Gasteiger partial charge on any atom is 0.295 e. The van der Waals surface area contributed by atoms with E-state index >= 15 is 0 Å². The monoisotopic (exact) mass is 1020 g/mol. The second-order valence-corrected chi connectivity index (χ2v) is 20.5. The predicted octanol–water partition coefficient (Wildman–Crippen LogP) is 6.96. The molecule has 67 heavy (non-hydrogen) atoms. The molecule has 0 spiro atoms. The number of benzene rings is 5. The number of fused-ring (bicyclic) bond motifs is 1. The fourth-order valence-electron chi connectivity index (χ4n) is 5.84. The van der Waals surface area contributed by atoms with Crippen molar-refractivity contribution in [2.24, 2.45) is 20.5 Å². The largest absolute Gasteiger partial charge is 0.491 e. The zero-order valence-electron chi connectivity index (χ0n) is 33.5. The van der Waals surface area contributed by atoms with Gasteiger partial charge < -0.3 is 20.3 Å². The minimum atomic E-state index is -4.94. The number of hydrogen-bond acceptors (Lipinski definition) is 23. The van der Waals surface area contributed by atoms with Gasteiger partial charge in [0.1, 0.15) is 10.6 Å². The third-order valence-corrected chi connectivity index (χ3v) is 13.2. The average molecular weight is 1020 g/mol. The van der Waals surface area contributed by atoms with Crippen molar-refractivity contribution in [2.75, 3.05) is 34.4 Å². The Hall–Kier alpha value is -6.36. The smallest absolute Gasteiger partial charge is 0.295 e. The van der Waals surface area contributed by atoms with Crippen LogP contribution in [0.5, 0.6) is 5.75 Å². The van der Waals surface area contributed by atoms with Crippen molar-refractivity contribution in [3.63, 3.8) is 0 Å². The summed E-state index contributed by atoms with van der Waals surface area (Å²) in [6.07, 6.45) is -0.0977. The number of nitrogens with zero attached hydrogens (tertiary/aromatic N) is 8. The molecule has 2 heterocycles. The Morgan fingerprint density at radius 2 is 1.28 bits per heavy atom. The van der Waals surface area contributed by atoms with Crippen LogP contribution in [0.2, 0.25) is 0 Å². The van der Waals surface area contributed by atoms with Crippen LogP contribution in [0.1, 0.15) is 6.42 Å². The van der Waals surface area contributed by atoms with E-state index in [1.165, 1.54) is 47.4 Å². The number of azo groups is 2. The average Bonchev–Trinajstić information content (AvgIpc) is 4.08. The summed E-state index contributed by atoms with van der Waals surface area (Å²) in [5.41, 5.74) is 1.74. The summed E-state index contributed by atoms with van der Waals surface area (Å²) in [7, 11) is -18.6. The van der Waals surface area contributed by atoms with Gasteiger partial charge in [-0.3, -0.25) is 18.2 Å². The van der Waals surface area contributed by atoms with Gasteiger partial charge in [0.05, 0.1) is 64.3 Å². The standard InChI is InChI=1S/C36H32N10O16S5/c47-61-62-63-27-11-8-24(9-12-27)43-45-26-10-13-30(31(18-26)60-14-1-15-64(48,49)50)38-35-39-34(40-36(41-35)46-20-33(46)67(57,58)59)37-22-4-6-23(7-5-22)42-44-25-3-2-21-16-28(65(51,52)53)19-32(29(21)17-25)66(54,55)56/h2-13,16-19,33,47H,1,14-15,20H2,(H,48,49,50)(H,51,52,53)(H,54,55,56)(H,57,58,59)(H2,37,38,39,40,41). The van der Waals surface area contributed by atoms with Gasteiger partial charge in [0, 0.05) is 22.0 Å². The van der Waals surface area contributed by atoms with E-state index < -0.39 is 61.4 Å². The van der Waals surface area contributed by atoms with Crippen LogP contribution in [0.4, 0.5) is 52.0 Å². The van der Waals surface area contributed by atoms with Crippen LogP contribution in [0.25, 0.3) is 10.8 Å². The third kappa shape index (κ3) is 13.4. The van der Waals surface area contributed by atoms with Gasteiger partial charge >= 0.3 is 0 Å². The minimum Gasteiger partial charge on any atom is -0.491 e. The summed E-state index contributed by atoms with van der Waals surface area (Å²) in [5.74, 6) is -0.888. The highest BCUT2D eigenvalue weighted by Crippen LogP contribution is 2.36. The molecule has 7 rings (SSSR count). The maximum atomic E-state index is 12.1. The molecular formula is C36H32N10O16S5. The number of anilines is 5. The number of ether oxygens (including phenoxy) is 1. The Morgan fingerprint density at radius 1 is 0.687 bits per heavy atom. The molecule has 1 saturated heterocycles. The zero-order valence-corrected chi connectivity index (χ0v) is 37.6. The molecule has 26 nitrogen and oxygen atoms in total. The summed E-state index contributed by atoms with van der Waals surface area (Å²) in [4.78, 5) is 13.3. The first-order valence-electron chi connectivity index (χ1n) is 18.6. The second-order valence-electron chi connectivity index (χ2n) is 13.8. The number of aromatic nitrogens is 3. The van der Waals surface area contributed by atoms with E-state index in [9.17, 15) is 51.9 Å². The molecule has 0 saturated carbocycles. The van der Waals surface area contributed by atoms with Crippen molar-refractivity contribution in [2.45, 2.75) is 26.5 Å². The second kappa shape index (κ2) is 19.9. The number of nitrogens with one attached hydrogen (secondary N) is 2. The minimum absolute atomic E-state index is 0.0609. The van der Waals surface area contributed by atoms with Gasteiger partial charge in [-0.05, 0) is 96.7 Å². The van der Waals surface area contributed by atoms with Crippen molar-refractivity contribution in [1.29, 1.82) is 0 Å². The van der Waals surface area contributed by atoms with E-state index in [0.717, 1.165) is 18.1 Å². The summed E-state index contributed by atoms with van der Waals surface area (Å²) in [6, 6.07) is 22.8. The Labute approximate surface area is 383 Å². The van der Waals surface area contributed by atoms with Crippen LogP contribution < -0.4 is 20.3 Å². The molecule has 352 valence electrons. The maximum absolute atomic E-state index is 12.1. The van der Waals surface area contributed by atoms with Crippen LogP contribution in [0, 0.1) is 0 Å². The first-order valence-corrected chi connectivity index (χ1v) is 25.3. The molecule has 0 bridgehead atoms. The van der Waals surface area contributed by atoms with E-state index in [1.807, 2.05) is 0 Å². The van der Waals surface area contributed by atoms with Crippen LogP contribution in [-0.2, 0) is 49.8 Å². The normalized spacial score (nSPS) is 14.5. The Kier molecular flexibility index (Phi) is 14.4. The van der Waals surface area contributed by atoms with E-state index in [1.54, 1.807) is 42.5 Å². The summed E-state index contributed by atoms with van der Waals surface area (Å²) in [5, 5.41) is 33.2. The molecule has 1 fully saturated rings. The highest BCUT2D eigenvalue weighted by atomic mass is 32.2. The van der Waals surface area contributed by atoms with Crippen molar-refractivity contribution in [3.8, 4) is 5.75 Å². The molecule has 1 atom stereocenters. The fourth-order valence-corrected chi connectivity index (χ4v) is 8.79. The molecule has 1 aromatic heterocycles. The SMILES string of the molecule is O=S(=O)(O)CCCOc1cc(N=Nc2ccc(SOOO)cc2)ccc1Nc1nc(Nc2ccc(N=Nc3ccc4cc(S(=O)(=O)O)cc(S(=O)(=O)O)c4c3)cc2)nc(N2CC2S(=O)(=O)O)n1. The van der Waals surface area contributed by atoms with E-state index in [4.69, 9.17) is 9.99 Å². The number of rotatable bonds is 20. The first-order chi connectivity index (χ1) is 31.6. The van der Waals surface area contributed by atoms with Gasteiger partial charge in [-0.1, -0.05) is 11.1 Å². The quantitative estimate of drug-likeness (QED) is 0.00772. The molecule has 1 aliphatic heterocycles. The Morgan fingerprint density at radius 3 is 1.88 bits per heavy atom. The van der Waals surface area contributed by atoms with Crippen LogP contribution >= 0.6 is 12.0 Å². The molecule has 0 radical (unpaired) electrons. The fraction of sp³-hybridized carbons (Fsp3) is 0.139. The molecule has 0 amide bonds. The highest BCUT2D eigenvalue weighted by molar-refractivity contribution is 7.94. The van der Waals surface area contributed by atoms with Gasteiger partial charge in [0.2, 0.25) is 17.8 Å². The lowest BCUT2D eigenvalue weighted by molar-refractivity contribution is -0.432. The molecular weight excluding hydrogens is 989 g/mol. The lowest BCUT2D eigenvalue weighted by Gasteiger charge is -2.15. The Balaban J connectivity index is 1.13. The van der Waals surface area contributed by atoms with Crippen molar-refractivity contribution in [1.82, 2.24) is 15.0 Å². The van der Waals surface area contributed by atoms with Gasteiger partial charge in [-0.2, -0.15) is 69.1 Å². The molecule has 1 unspecified atom stereocenters. The molecule has 5 aromatic carbocycles. The van der Waals surface area contributed by atoms with Gasteiger partial charge in [0.15, 0.2) is 5.37 Å². The predicted molar refractivity (Wildman–Crippen MR) is 238 cm³/mol. The van der Waals surface area contributed by atoms with Crippen LogP contribution in [0.3, 0.4) is 0 Å².